The van der Waals surface area contributed by atoms with Crippen LogP contribution in [-0.4, -0.2) is 18.5 Å². The topological polar surface area (TPSA) is 58.4 Å². The third-order valence-corrected chi connectivity index (χ3v) is 3.44. The first-order chi connectivity index (χ1) is 10.2. The number of nitrogens with one attached hydrogen (secondary N) is 1. The first-order valence-corrected chi connectivity index (χ1v) is 6.91. The molecule has 0 bridgehead atoms. The summed E-state index contributed by atoms with van der Waals surface area (Å²) in [7, 11) is 1.71. The van der Waals surface area contributed by atoms with Gasteiger partial charge in [-0.15, -0.1) is 0 Å². The van der Waals surface area contributed by atoms with Crippen molar-refractivity contribution in [2.75, 3.05) is 23.8 Å². The lowest BCUT2D eigenvalue weighted by Gasteiger charge is -2.24. The third-order valence-electron chi connectivity index (χ3n) is 3.44. The molecule has 2 aromatic rings. The molecular weight excluding hydrogens is 266 g/mol. The summed E-state index contributed by atoms with van der Waals surface area (Å²) in [5.41, 5.74) is 2.71. The molecule has 0 spiro atoms. The van der Waals surface area contributed by atoms with Gasteiger partial charge >= 0.3 is 0 Å². The highest BCUT2D eigenvalue weighted by molar-refractivity contribution is 5.67. The highest BCUT2D eigenvalue weighted by Gasteiger charge is 2.17. The Labute approximate surface area is 124 Å². The van der Waals surface area contributed by atoms with Crippen LogP contribution < -0.4 is 10.2 Å². The molecule has 0 unspecified atom stereocenters. The van der Waals surface area contributed by atoms with Crippen molar-refractivity contribution in [1.29, 1.82) is 0 Å². The van der Waals surface area contributed by atoms with E-state index in [-0.39, 0.29) is 10.6 Å². The van der Waals surface area contributed by atoms with Gasteiger partial charge in [-0.25, -0.2) is 0 Å². The van der Waals surface area contributed by atoms with Crippen molar-refractivity contribution in [3.63, 3.8) is 0 Å². The summed E-state index contributed by atoms with van der Waals surface area (Å²) in [6.45, 7) is 3.53. The van der Waals surface area contributed by atoms with E-state index in [0.717, 1.165) is 17.8 Å². The molecule has 0 atom stereocenters. The van der Waals surface area contributed by atoms with Crippen LogP contribution in [0.5, 0.6) is 0 Å². The Morgan fingerprint density at radius 3 is 2.43 bits per heavy atom. The predicted molar refractivity (Wildman–Crippen MR) is 85.8 cm³/mol. The zero-order valence-electron chi connectivity index (χ0n) is 12.2. The van der Waals surface area contributed by atoms with E-state index < -0.39 is 0 Å². The van der Waals surface area contributed by atoms with E-state index in [9.17, 15) is 10.1 Å². The lowest BCUT2D eigenvalue weighted by molar-refractivity contribution is -0.384. The van der Waals surface area contributed by atoms with Gasteiger partial charge in [0, 0.05) is 37.5 Å². The number of benzene rings is 2. The van der Waals surface area contributed by atoms with E-state index in [2.05, 4.69) is 17.1 Å². The van der Waals surface area contributed by atoms with Gasteiger partial charge < -0.3 is 10.2 Å². The van der Waals surface area contributed by atoms with E-state index >= 15 is 0 Å². The Morgan fingerprint density at radius 1 is 1.14 bits per heavy atom. The Hall–Kier alpha value is -2.56. The van der Waals surface area contributed by atoms with Crippen LogP contribution >= 0.6 is 0 Å². The molecule has 0 amide bonds. The second kappa shape index (κ2) is 6.74. The maximum atomic E-state index is 11.1. The molecule has 0 saturated carbocycles. The number of para-hydroxylation sites is 2. The number of hydrogen-bond acceptors (Lipinski definition) is 4. The first-order valence-electron chi connectivity index (χ1n) is 6.91. The molecule has 0 fully saturated rings. The average Bonchev–Trinajstić information content (AvgIpc) is 2.52. The Morgan fingerprint density at radius 2 is 1.86 bits per heavy atom. The zero-order chi connectivity index (χ0) is 15.2. The van der Waals surface area contributed by atoms with Crippen LogP contribution in [-0.2, 0) is 6.54 Å². The summed E-state index contributed by atoms with van der Waals surface area (Å²) in [6, 6.07) is 15.2. The Kier molecular flexibility index (Phi) is 4.77. The van der Waals surface area contributed by atoms with Gasteiger partial charge in [-0.3, -0.25) is 10.1 Å². The minimum atomic E-state index is -0.353. The van der Waals surface area contributed by atoms with Crippen molar-refractivity contribution in [2.45, 2.75) is 13.5 Å². The third kappa shape index (κ3) is 3.31. The van der Waals surface area contributed by atoms with Crippen molar-refractivity contribution in [1.82, 2.24) is 0 Å². The second-order valence-electron chi connectivity index (χ2n) is 4.67. The number of nitro benzene ring substituents is 1. The fourth-order valence-electron chi connectivity index (χ4n) is 2.39. The van der Waals surface area contributed by atoms with Gasteiger partial charge in [0.2, 0.25) is 0 Å². The van der Waals surface area contributed by atoms with E-state index in [0.29, 0.717) is 12.2 Å². The van der Waals surface area contributed by atoms with Crippen LogP contribution in [0.1, 0.15) is 12.5 Å². The lowest BCUT2D eigenvalue weighted by Crippen LogP contribution is -2.22. The Balaban J connectivity index is 2.34. The minimum absolute atomic E-state index is 0.110. The Bertz CT molecular complexity index is 614. The molecule has 0 heterocycles. The molecule has 0 aliphatic rings. The largest absolute Gasteiger partial charge is 0.382 e. The summed E-state index contributed by atoms with van der Waals surface area (Å²) < 4.78 is 0. The van der Waals surface area contributed by atoms with Crippen molar-refractivity contribution in [3.05, 3.63) is 64.2 Å². The molecule has 2 rings (SSSR count). The van der Waals surface area contributed by atoms with Crippen LogP contribution in [0.4, 0.5) is 17.1 Å². The number of hydrogen-bond donors (Lipinski definition) is 1. The quantitative estimate of drug-likeness (QED) is 0.650. The lowest BCUT2D eigenvalue weighted by atomic mass is 10.1. The maximum absolute atomic E-state index is 11.1. The van der Waals surface area contributed by atoms with E-state index in [1.54, 1.807) is 13.1 Å². The standard InChI is InChI=1S/C16H19N3O2/c1-3-18(14-9-5-4-6-10-14)12-13-8-7-11-15(19(20)21)16(13)17-2/h4-11,17H,3,12H2,1-2H3. The minimum Gasteiger partial charge on any atom is -0.382 e. The van der Waals surface area contributed by atoms with E-state index in [1.165, 1.54) is 6.07 Å². The van der Waals surface area contributed by atoms with E-state index in [4.69, 9.17) is 0 Å². The highest BCUT2D eigenvalue weighted by Crippen LogP contribution is 2.29. The van der Waals surface area contributed by atoms with Crippen molar-refractivity contribution >= 4 is 17.1 Å². The van der Waals surface area contributed by atoms with Gasteiger partial charge in [0.25, 0.3) is 5.69 Å². The van der Waals surface area contributed by atoms with E-state index in [1.807, 2.05) is 36.4 Å². The molecule has 1 N–H and O–H groups in total. The van der Waals surface area contributed by atoms with Gasteiger partial charge in [0.15, 0.2) is 0 Å². The molecular formula is C16H19N3O2. The van der Waals surface area contributed by atoms with Crippen LogP contribution in [0.2, 0.25) is 0 Å². The summed E-state index contributed by atoms with van der Waals surface area (Å²) in [4.78, 5) is 12.9. The number of nitro groups is 1. The predicted octanol–water partition coefficient (Wildman–Crippen LogP) is 3.66. The molecule has 0 saturated heterocycles. The summed E-state index contributed by atoms with van der Waals surface area (Å²) in [5.74, 6) is 0. The molecule has 0 aromatic heterocycles. The first kappa shape index (κ1) is 14.8. The summed E-state index contributed by atoms with van der Waals surface area (Å²) in [6.07, 6.45) is 0. The molecule has 0 radical (unpaired) electrons. The number of nitrogens with zero attached hydrogens (tertiary/aromatic N) is 2. The summed E-state index contributed by atoms with van der Waals surface area (Å²) >= 11 is 0. The monoisotopic (exact) mass is 285 g/mol. The smallest absolute Gasteiger partial charge is 0.292 e. The molecule has 0 aliphatic carbocycles. The zero-order valence-corrected chi connectivity index (χ0v) is 12.2. The van der Waals surface area contributed by atoms with Crippen molar-refractivity contribution in [3.8, 4) is 0 Å². The number of rotatable bonds is 6. The fraction of sp³-hybridized carbons (Fsp3) is 0.250. The van der Waals surface area contributed by atoms with Crippen LogP contribution in [0.3, 0.4) is 0 Å². The van der Waals surface area contributed by atoms with Gasteiger partial charge in [-0.05, 0) is 19.1 Å². The molecule has 0 aliphatic heterocycles. The molecule has 21 heavy (non-hydrogen) atoms. The highest BCUT2D eigenvalue weighted by atomic mass is 16.6. The average molecular weight is 285 g/mol. The maximum Gasteiger partial charge on any atom is 0.292 e. The van der Waals surface area contributed by atoms with Crippen LogP contribution in [0.15, 0.2) is 48.5 Å². The van der Waals surface area contributed by atoms with Gasteiger partial charge in [0.1, 0.15) is 5.69 Å². The second-order valence-corrected chi connectivity index (χ2v) is 4.67. The number of anilines is 2. The van der Waals surface area contributed by atoms with Crippen LogP contribution in [0.25, 0.3) is 0 Å². The SMILES string of the molecule is CCN(Cc1cccc([N+](=O)[O-])c1NC)c1ccccc1. The van der Waals surface area contributed by atoms with Crippen molar-refractivity contribution in [2.24, 2.45) is 0 Å². The van der Waals surface area contributed by atoms with Gasteiger partial charge in [-0.1, -0.05) is 30.3 Å². The molecule has 110 valence electrons. The summed E-state index contributed by atoms with van der Waals surface area (Å²) in [5, 5.41) is 14.1. The molecule has 2 aromatic carbocycles. The van der Waals surface area contributed by atoms with Gasteiger partial charge in [-0.2, -0.15) is 0 Å². The van der Waals surface area contributed by atoms with Crippen LogP contribution in [0, 0.1) is 10.1 Å². The molecule has 5 nitrogen and oxygen atoms in total. The normalized spacial score (nSPS) is 10.2. The van der Waals surface area contributed by atoms with Gasteiger partial charge in [0.05, 0.1) is 4.92 Å². The molecule has 5 heteroatoms. The van der Waals surface area contributed by atoms with Crippen molar-refractivity contribution < 1.29 is 4.92 Å². The fourth-order valence-corrected chi connectivity index (χ4v) is 2.39.